The molecule has 0 heterocycles. The number of allylic oxidation sites excluding steroid dienone is 1. The molecule has 1 aromatic rings. The summed E-state index contributed by atoms with van der Waals surface area (Å²) in [6, 6.07) is 7.23. The Hall–Kier alpha value is -1.13. The Morgan fingerprint density at radius 1 is 1.28 bits per heavy atom. The summed E-state index contributed by atoms with van der Waals surface area (Å²) in [5, 5.41) is 3.36. The van der Waals surface area contributed by atoms with Crippen LogP contribution in [-0.4, -0.2) is 21.2 Å². The Bertz CT molecular complexity index is 511. The third-order valence-electron chi connectivity index (χ3n) is 2.74. The minimum Gasteiger partial charge on any atom is -0.307 e. The lowest BCUT2D eigenvalue weighted by Crippen LogP contribution is -2.18. The largest absolute Gasteiger partial charge is 0.307 e. The molecule has 0 saturated carbocycles. The van der Waals surface area contributed by atoms with Crippen LogP contribution in [0.3, 0.4) is 0 Å². The Morgan fingerprint density at radius 2 is 1.83 bits per heavy atom. The Labute approximate surface area is 110 Å². The summed E-state index contributed by atoms with van der Waals surface area (Å²) < 4.78 is 22.7. The van der Waals surface area contributed by atoms with Crippen molar-refractivity contribution in [1.82, 2.24) is 5.32 Å². The van der Waals surface area contributed by atoms with E-state index in [9.17, 15) is 8.42 Å². The highest BCUT2D eigenvalue weighted by molar-refractivity contribution is 7.90. The molecule has 0 amide bonds. The first kappa shape index (κ1) is 14.9. The number of benzene rings is 1. The quantitative estimate of drug-likeness (QED) is 0.834. The van der Waals surface area contributed by atoms with Gasteiger partial charge in [-0.2, -0.15) is 0 Å². The first-order chi connectivity index (χ1) is 8.30. The second-order valence-electron chi connectivity index (χ2n) is 4.75. The Kier molecular flexibility index (Phi) is 5.11. The van der Waals surface area contributed by atoms with Gasteiger partial charge in [0.2, 0.25) is 0 Å². The van der Waals surface area contributed by atoms with Crippen molar-refractivity contribution in [3.63, 3.8) is 0 Å². The zero-order valence-corrected chi connectivity index (χ0v) is 12.2. The molecule has 0 aromatic heterocycles. The Balaban J connectivity index is 2.71. The van der Waals surface area contributed by atoms with Gasteiger partial charge in [-0.1, -0.05) is 23.8 Å². The van der Waals surface area contributed by atoms with Crippen molar-refractivity contribution in [2.24, 2.45) is 0 Å². The molecular weight excluding hydrogens is 246 g/mol. The zero-order valence-electron chi connectivity index (χ0n) is 11.4. The van der Waals surface area contributed by atoms with E-state index in [1.165, 1.54) is 11.8 Å². The summed E-state index contributed by atoms with van der Waals surface area (Å²) in [6.45, 7) is 7.01. The smallest absolute Gasteiger partial charge is 0.175 e. The predicted octanol–water partition coefficient (Wildman–Crippen LogP) is 2.71. The molecule has 0 fully saturated rings. The van der Waals surface area contributed by atoms with E-state index in [1.54, 1.807) is 12.1 Å². The van der Waals surface area contributed by atoms with Crippen LogP contribution in [-0.2, 0) is 9.84 Å². The number of hydrogen-bond donors (Lipinski definition) is 1. The summed E-state index contributed by atoms with van der Waals surface area (Å²) in [5.74, 6) is 0. The molecule has 18 heavy (non-hydrogen) atoms. The highest BCUT2D eigenvalue weighted by atomic mass is 32.2. The molecule has 0 bridgehead atoms. The molecule has 0 aliphatic rings. The van der Waals surface area contributed by atoms with Gasteiger partial charge in [0.1, 0.15) is 0 Å². The standard InChI is InChI=1S/C14H21NO2S/c1-11(2)9-10-15-12(3)13-5-7-14(8-6-13)18(4,16)17/h5-9,12,15H,10H2,1-4H3. The van der Waals surface area contributed by atoms with E-state index in [0.29, 0.717) is 4.90 Å². The molecule has 0 radical (unpaired) electrons. The second kappa shape index (κ2) is 6.16. The fourth-order valence-electron chi connectivity index (χ4n) is 1.56. The van der Waals surface area contributed by atoms with Crippen LogP contribution >= 0.6 is 0 Å². The van der Waals surface area contributed by atoms with E-state index in [0.717, 1.165) is 12.1 Å². The summed E-state index contributed by atoms with van der Waals surface area (Å²) in [5.41, 5.74) is 2.37. The van der Waals surface area contributed by atoms with Gasteiger partial charge in [0.25, 0.3) is 0 Å². The van der Waals surface area contributed by atoms with Crippen LogP contribution in [0, 0.1) is 0 Å². The van der Waals surface area contributed by atoms with E-state index in [2.05, 4.69) is 32.2 Å². The summed E-state index contributed by atoms with van der Waals surface area (Å²) in [6.07, 6.45) is 3.35. The van der Waals surface area contributed by atoms with Crippen LogP contribution in [0.25, 0.3) is 0 Å². The van der Waals surface area contributed by atoms with E-state index < -0.39 is 9.84 Å². The number of sulfone groups is 1. The van der Waals surface area contributed by atoms with Gasteiger partial charge in [-0.05, 0) is 38.5 Å². The van der Waals surface area contributed by atoms with Crippen molar-refractivity contribution in [2.45, 2.75) is 31.7 Å². The monoisotopic (exact) mass is 267 g/mol. The van der Waals surface area contributed by atoms with Gasteiger partial charge in [-0.3, -0.25) is 0 Å². The third-order valence-corrected chi connectivity index (χ3v) is 3.87. The SMILES string of the molecule is CC(C)=CCNC(C)c1ccc(S(C)(=O)=O)cc1. The van der Waals surface area contributed by atoms with E-state index >= 15 is 0 Å². The van der Waals surface area contributed by atoms with Gasteiger partial charge < -0.3 is 5.32 Å². The van der Waals surface area contributed by atoms with Gasteiger partial charge in [0.15, 0.2) is 9.84 Å². The van der Waals surface area contributed by atoms with E-state index in [-0.39, 0.29) is 6.04 Å². The molecule has 1 N–H and O–H groups in total. The average Bonchev–Trinajstić information content (AvgIpc) is 2.27. The van der Waals surface area contributed by atoms with Gasteiger partial charge in [-0.25, -0.2) is 8.42 Å². The van der Waals surface area contributed by atoms with Crippen LogP contribution < -0.4 is 5.32 Å². The first-order valence-corrected chi connectivity index (χ1v) is 7.86. The predicted molar refractivity (Wildman–Crippen MR) is 75.4 cm³/mol. The van der Waals surface area contributed by atoms with Crippen molar-refractivity contribution in [1.29, 1.82) is 0 Å². The topological polar surface area (TPSA) is 46.2 Å². The molecular formula is C14H21NO2S. The van der Waals surface area contributed by atoms with Gasteiger partial charge >= 0.3 is 0 Å². The van der Waals surface area contributed by atoms with E-state index in [4.69, 9.17) is 0 Å². The molecule has 100 valence electrons. The minimum atomic E-state index is -3.10. The molecule has 4 heteroatoms. The first-order valence-electron chi connectivity index (χ1n) is 5.97. The van der Waals surface area contributed by atoms with Gasteiger partial charge in [0, 0.05) is 18.8 Å². The summed E-state index contributed by atoms with van der Waals surface area (Å²) in [4.78, 5) is 0.364. The molecule has 0 aliphatic heterocycles. The molecule has 0 spiro atoms. The third kappa shape index (κ3) is 4.63. The van der Waals surface area contributed by atoms with Crippen molar-refractivity contribution < 1.29 is 8.42 Å². The second-order valence-corrected chi connectivity index (χ2v) is 6.77. The number of hydrogen-bond acceptors (Lipinski definition) is 3. The lowest BCUT2D eigenvalue weighted by atomic mass is 10.1. The highest BCUT2D eigenvalue weighted by Gasteiger charge is 2.08. The van der Waals surface area contributed by atoms with Crippen LogP contribution in [0.1, 0.15) is 32.4 Å². The minimum absolute atomic E-state index is 0.203. The van der Waals surface area contributed by atoms with Gasteiger partial charge in [-0.15, -0.1) is 0 Å². The molecule has 1 unspecified atom stereocenters. The van der Waals surface area contributed by atoms with Crippen molar-refractivity contribution in [3.8, 4) is 0 Å². The van der Waals surface area contributed by atoms with E-state index in [1.807, 2.05) is 12.1 Å². The number of nitrogens with one attached hydrogen (secondary N) is 1. The van der Waals surface area contributed by atoms with Crippen molar-refractivity contribution in [3.05, 3.63) is 41.5 Å². The van der Waals surface area contributed by atoms with Crippen LogP contribution in [0.2, 0.25) is 0 Å². The molecule has 1 atom stereocenters. The molecule has 3 nitrogen and oxygen atoms in total. The van der Waals surface area contributed by atoms with Crippen molar-refractivity contribution >= 4 is 9.84 Å². The number of rotatable bonds is 5. The van der Waals surface area contributed by atoms with Crippen molar-refractivity contribution in [2.75, 3.05) is 12.8 Å². The normalized spacial score (nSPS) is 13.1. The van der Waals surface area contributed by atoms with Crippen LogP contribution in [0.15, 0.2) is 40.8 Å². The average molecular weight is 267 g/mol. The fourth-order valence-corrected chi connectivity index (χ4v) is 2.19. The molecule has 0 aliphatic carbocycles. The summed E-state index contributed by atoms with van der Waals surface area (Å²) >= 11 is 0. The lowest BCUT2D eigenvalue weighted by Gasteiger charge is -2.13. The van der Waals surface area contributed by atoms with Crippen LogP contribution in [0.5, 0.6) is 0 Å². The maximum Gasteiger partial charge on any atom is 0.175 e. The lowest BCUT2D eigenvalue weighted by molar-refractivity contribution is 0.600. The highest BCUT2D eigenvalue weighted by Crippen LogP contribution is 2.16. The Morgan fingerprint density at radius 3 is 2.28 bits per heavy atom. The molecule has 1 rings (SSSR count). The summed E-state index contributed by atoms with van der Waals surface area (Å²) in [7, 11) is -3.10. The maximum absolute atomic E-state index is 11.3. The maximum atomic E-state index is 11.3. The molecule has 0 saturated heterocycles. The fraction of sp³-hybridized carbons (Fsp3) is 0.429. The van der Waals surface area contributed by atoms with Crippen LogP contribution in [0.4, 0.5) is 0 Å². The zero-order chi connectivity index (χ0) is 13.8. The van der Waals surface area contributed by atoms with Gasteiger partial charge in [0.05, 0.1) is 4.90 Å². The molecule has 1 aromatic carbocycles.